The predicted molar refractivity (Wildman–Crippen MR) is 70.1 cm³/mol. The lowest BCUT2D eigenvalue weighted by Gasteiger charge is -2.47. The van der Waals surface area contributed by atoms with Gasteiger partial charge in [0, 0.05) is 19.0 Å². The van der Waals surface area contributed by atoms with Gasteiger partial charge in [-0.3, -0.25) is 0 Å². The number of piperidine rings is 1. The van der Waals surface area contributed by atoms with Crippen molar-refractivity contribution in [3.8, 4) is 0 Å². The van der Waals surface area contributed by atoms with Gasteiger partial charge in [-0.25, -0.2) is 9.59 Å². The number of fused-ring (bicyclic) bond motifs is 1. The van der Waals surface area contributed by atoms with Crippen LogP contribution in [-0.2, 0) is 4.79 Å². The number of carboxylic acid groups (broad SMARTS) is 1. The molecule has 7 nitrogen and oxygen atoms in total. The van der Waals surface area contributed by atoms with Crippen LogP contribution in [0.1, 0.15) is 32.1 Å². The third-order valence-electron chi connectivity index (χ3n) is 4.49. The van der Waals surface area contributed by atoms with Gasteiger partial charge in [0.1, 0.15) is 0 Å². The van der Waals surface area contributed by atoms with E-state index in [4.69, 9.17) is 10.2 Å². The Morgan fingerprint density at radius 3 is 2.75 bits per heavy atom. The molecular weight excluding hydrogens is 264 g/mol. The second-order valence-electron chi connectivity index (χ2n) is 5.77. The second-order valence-corrected chi connectivity index (χ2v) is 5.77. The number of hydrogen-bond donors (Lipinski definition) is 4. The molecule has 3 atom stereocenters. The minimum absolute atomic E-state index is 0.0631. The van der Waals surface area contributed by atoms with Gasteiger partial charge in [-0.15, -0.1) is 0 Å². The molecule has 2 aliphatic rings. The summed E-state index contributed by atoms with van der Waals surface area (Å²) in [5.74, 6) is -1.19. The van der Waals surface area contributed by atoms with Gasteiger partial charge in [0.15, 0.2) is 6.04 Å². The molecule has 0 aromatic rings. The summed E-state index contributed by atoms with van der Waals surface area (Å²) in [6.45, 7) is 0.221. The fourth-order valence-electron chi connectivity index (χ4n) is 3.18. The molecule has 1 saturated carbocycles. The maximum Gasteiger partial charge on any atom is 0.328 e. The van der Waals surface area contributed by atoms with Gasteiger partial charge in [0.2, 0.25) is 0 Å². The third-order valence-corrected chi connectivity index (χ3v) is 4.49. The smallest absolute Gasteiger partial charge is 0.328 e. The zero-order valence-corrected chi connectivity index (χ0v) is 11.4. The second kappa shape index (κ2) is 5.97. The van der Waals surface area contributed by atoms with Crippen molar-refractivity contribution in [3.05, 3.63) is 0 Å². The number of likely N-dealkylation sites (tertiary alicyclic amines) is 1. The van der Waals surface area contributed by atoms with Crippen LogP contribution in [0.25, 0.3) is 0 Å². The van der Waals surface area contributed by atoms with Gasteiger partial charge in [-0.1, -0.05) is 12.8 Å². The van der Waals surface area contributed by atoms with Crippen LogP contribution in [0.4, 0.5) is 4.79 Å². The molecule has 0 bridgehead atoms. The molecule has 1 aliphatic carbocycles. The van der Waals surface area contributed by atoms with Crippen LogP contribution < -0.4 is 5.32 Å². The number of aliphatic hydroxyl groups excluding tert-OH is 1. The molecule has 20 heavy (non-hydrogen) atoms. The molecule has 1 saturated heterocycles. The van der Waals surface area contributed by atoms with Crippen LogP contribution in [0.5, 0.6) is 0 Å². The largest absolute Gasteiger partial charge is 0.480 e. The summed E-state index contributed by atoms with van der Waals surface area (Å²) in [6, 6.07) is -1.77. The highest BCUT2D eigenvalue weighted by Gasteiger charge is 2.44. The quantitative estimate of drug-likeness (QED) is 0.573. The molecule has 0 aromatic heterocycles. The molecule has 4 N–H and O–H groups in total. The Labute approximate surface area is 117 Å². The summed E-state index contributed by atoms with van der Waals surface area (Å²) in [7, 11) is 0. The van der Waals surface area contributed by atoms with Crippen LogP contribution in [0.2, 0.25) is 0 Å². The minimum Gasteiger partial charge on any atom is -0.480 e. The number of amides is 2. The SMILES string of the molecule is O=C(O)[C@H](CO)NC(=O)N1CCC2(O)CCCCC2C1. The van der Waals surface area contributed by atoms with Crippen molar-refractivity contribution in [2.24, 2.45) is 5.92 Å². The third kappa shape index (κ3) is 3.04. The number of carbonyl (C=O) groups excluding carboxylic acids is 1. The minimum atomic E-state index is -1.28. The van der Waals surface area contributed by atoms with Crippen molar-refractivity contribution in [1.82, 2.24) is 10.2 Å². The highest BCUT2D eigenvalue weighted by molar-refractivity contribution is 5.82. The van der Waals surface area contributed by atoms with E-state index in [1.165, 1.54) is 4.90 Å². The van der Waals surface area contributed by atoms with E-state index >= 15 is 0 Å². The molecule has 7 heteroatoms. The standard InChI is InChI=1S/C13H22N2O5/c16-8-10(11(17)18)14-12(19)15-6-5-13(20)4-2-1-3-9(13)7-15/h9-10,16,20H,1-8H2,(H,14,19)(H,17,18)/t9?,10-,13?/m0/s1. The van der Waals surface area contributed by atoms with Crippen molar-refractivity contribution in [1.29, 1.82) is 0 Å². The molecule has 0 aromatic carbocycles. The van der Waals surface area contributed by atoms with Gasteiger partial charge in [0.05, 0.1) is 12.2 Å². The van der Waals surface area contributed by atoms with Crippen molar-refractivity contribution >= 4 is 12.0 Å². The first kappa shape index (κ1) is 15.1. The number of rotatable bonds is 3. The molecule has 0 radical (unpaired) electrons. The lowest BCUT2D eigenvalue weighted by molar-refractivity contribution is -0.140. The van der Waals surface area contributed by atoms with E-state index in [2.05, 4.69) is 5.32 Å². The Balaban J connectivity index is 1.94. The van der Waals surface area contributed by atoms with Crippen molar-refractivity contribution in [2.45, 2.75) is 43.7 Å². The maximum atomic E-state index is 12.0. The average molecular weight is 286 g/mol. The highest BCUT2D eigenvalue weighted by Crippen LogP contribution is 2.39. The Bertz CT molecular complexity index is 389. The fourth-order valence-corrected chi connectivity index (χ4v) is 3.18. The zero-order valence-electron chi connectivity index (χ0n) is 11.4. The number of nitrogens with zero attached hydrogens (tertiary/aromatic N) is 1. The summed E-state index contributed by atoms with van der Waals surface area (Å²) in [5, 5.41) is 30.5. The predicted octanol–water partition coefficient (Wildman–Crippen LogP) is -0.231. The van der Waals surface area contributed by atoms with E-state index in [1.807, 2.05) is 0 Å². The first-order chi connectivity index (χ1) is 9.46. The van der Waals surface area contributed by atoms with E-state index < -0.39 is 30.3 Å². The van der Waals surface area contributed by atoms with Crippen molar-refractivity contribution in [2.75, 3.05) is 19.7 Å². The molecule has 0 spiro atoms. The number of hydrogen-bond acceptors (Lipinski definition) is 4. The Morgan fingerprint density at radius 2 is 2.10 bits per heavy atom. The van der Waals surface area contributed by atoms with Gasteiger partial charge in [0.25, 0.3) is 0 Å². The highest BCUT2D eigenvalue weighted by atomic mass is 16.4. The topological polar surface area (TPSA) is 110 Å². The molecule has 2 fully saturated rings. The van der Waals surface area contributed by atoms with Crippen LogP contribution in [0.15, 0.2) is 0 Å². The van der Waals surface area contributed by atoms with Crippen LogP contribution >= 0.6 is 0 Å². The fraction of sp³-hybridized carbons (Fsp3) is 0.846. The number of aliphatic hydroxyl groups is 2. The molecule has 2 amide bonds. The number of aliphatic carboxylic acids is 1. The van der Waals surface area contributed by atoms with Crippen molar-refractivity contribution < 1.29 is 24.9 Å². The number of carboxylic acids is 1. The van der Waals surface area contributed by atoms with E-state index in [0.29, 0.717) is 19.5 Å². The van der Waals surface area contributed by atoms with Crippen LogP contribution in [-0.4, -0.2) is 63.6 Å². The van der Waals surface area contributed by atoms with E-state index in [0.717, 1.165) is 25.7 Å². The van der Waals surface area contributed by atoms with E-state index in [1.54, 1.807) is 0 Å². The first-order valence-corrected chi connectivity index (χ1v) is 7.08. The van der Waals surface area contributed by atoms with Gasteiger partial charge < -0.3 is 25.5 Å². The lowest BCUT2D eigenvalue weighted by atomic mass is 9.71. The van der Waals surface area contributed by atoms with Gasteiger partial charge >= 0.3 is 12.0 Å². The molecule has 2 rings (SSSR count). The number of urea groups is 1. The Hall–Kier alpha value is -1.34. The molecule has 1 heterocycles. The summed E-state index contributed by atoms with van der Waals surface area (Å²) >= 11 is 0. The van der Waals surface area contributed by atoms with Gasteiger partial charge in [-0.05, 0) is 19.3 Å². The monoisotopic (exact) mass is 286 g/mol. The summed E-state index contributed by atoms with van der Waals surface area (Å²) in [5.41, 5.74) is -0.668. The first-order valence-electron chi connectivity index (χ1n) is 7.08. The van der Waals surface area contributed by atoms with Gasteiger partial charge in [-0.2, -0.15) is 0 Å². The summed E-state index contributed by atoms with van der Waals surface area (Å²) in [4.78, 5) is 24.3. The lowest BCUT2D eigenvalue weighted by Crippen LogP contribution is -2.58. The van der Waals surface area contributed by atoms with E-state index in [-0.39, 0.29) is 5.92 Å². The van der Waals surface area contributed by atoms with Crippen LogP contribution in [0, 0.1) is 5.92 Å². The number of nitrogens with one attached hydrogen (secondary N) is 1. The zero-order chi connectivity index (χ0) is 14.8. The number of carbonyl (C=O) groups is 2. The molecule has 114 valence electrons. The molecule has 2 unspecified atom stereocenters. The summed E-state index contributed by atoms with van der Waals surface area (Å²) < 4.78 is 0. The Morgan fingerprint density at radius 1 is 1.35 bits per heavy atom. The Kier molecular flexibility index (Phi) is 4.49. The van der Waals surface area contributed by atoms with Crippen LogP contribution in [0.3, 0.4) is 0 Å². The maximum absolute atomic E-state index is 12.0. The molecule has 1 aliphatic heterocycles. The van der Waals surface area contributed by atoms with Crippen molar-refractivity contribution in [3.63, 3.8) is 0 Å². The summed E-state index contributed by atoms with van der Waals surface area (Å²) in [6.07, 6.45) is 4.27. The van der Waals surface area contributed by atoms with E-state index in [9.17, 15) is 14.7 Å². The normalized spacial score (nSPS) is 31.3. The molecular formula is C13H22N2O5. The average Bonchev–Trinajstić information content (AvgIpc) is 2.43.